The smallest absolute Gasteiger partial charge is 0.344 e. The molecule has 0 amide bonds. The van der Waals surface area contributed by atoms with E-state index in [0.29, 0.717) is 35.5 Å². The normalized spacial score (nSPS) is 16.2. The summed E-state index contributed by atoms with van der Waals surface area (Å²) >= 11 is 0. The molecule has 4 rings (SSSR count). The van der Waals surface area contributed by atoms with Crippen LogP contribution in [0.5, 0.6) is 11.5 Å². The van der Waals surface area contributed by atoms with Gasteiger partial charge >= 0.3 is 5.63 Å². The maximum atomic E-state index is 12.9. The second-order valence-electron chi connectivity index (χ2n) is 9.25. The summed E-state index contributed by atoms with van der Waals surface area (Å²) in [5, 5.41) is 2.21. The summed E-state index contributed by atoms with van der Waals surface area (Å²) in [6, 6.07) is 9.64. The van der Waals surface area contributed by atoms with Crippen molar-refractivity contribution in [3.8, 4) is 11.5 Å². The Morgan fingerprint density at radius 1 is 0.971 bits per heavy atom. The van der Waals surface area contributed by atoms with E-state index in [1.165, 1.54) is 0 Å². The molecule has 1 aromatic heterocycles. The van der Waals surface area contributed by atoms with Crippen molar-refractivity contribution in [2.75, 3.05) is 27.9 Å². The summed E-state index contributed by atoms with van der Waals surface area (Å²) in [4.78, 5) is 12.9. The zero-order chi connectivity index (χ0) is 24.5. The molecular formula is C28H32O6. The Morgan fingerprint density at radius 2 is 1.76 bits per heavy atom. The Labute approximate surface area is 199 Å². The predicted molar refractivity (Wildman–Crippen MR) is 134 cm³/mol. The Bertz CT molecular complexity index is 1330. The summed E-state index contributed by atoms with van der Waals surface area (Å²) in [6.45, 7) is 6.88. The zero-order valence-electron chi connectivity index (χ0n) is 20.7. The van der Waals surface area contributed by atoms with Gasteiger partial charge in [0, 0.05) is 35.3 Å². The Balaban J connectivity index is 1.70. The van der Waals surface area contributed by atoms with Gasteiger partial charge in [-0.1, -0.05) is 32.9 Å². The molecule has 0 aliphatic heterocycles. The van der Waals surface area contributed by atoms with Crippen LogP contribution in [0, 0.1) is 5.92 Å². The minimum atomic E-state index is -0.359. The van der Waals surface area contributed by atoms with Gasteiger partial charge in [-0.3, -0.25) is 0 Å². The fourth-order valence-electron chi connectivity index (χ4n) is 4.22. The van der Waals surface area contributed by atoms with Gasteiger partial charge in [0.15, 0.2) is 11.5 Å². The van der Waals surface area contributed by atoms with Crippen molar-refractivity contribution >= 4 is 21.7 Å². The maximum Gasteiger partial charge on any atom is 0.344 e. The van der Waals surface area contributed by atoms with Crippen LogP contribution >= 0.6 is 0 Å². The molecule has 0 N–H and O–H groups in total. The number of hydrogen-bond acceptors (Lipinski definition) is 6. The monoisotopic (exact) mass is 464 g/mol. The van der Waals surface area contributed by atoms with Gasteiger partial charge < -0.3 is 23.4 Å². The van der Waals surface area contributed by atoms with E-state index in [1.54, 1.807) is 27.4 Å². The first-order valence-corrected chi connectivity index (χ1v) is 11.5. The van der Waals surface area contributed by atoms with Gasteiger partial charge in [0.1, 0.15) is 11.3 Å². The van der Waals surface area contributed by atoms with E-state index in [-0.39, 0.29) is 17.0 Å². The van der Waals surface area contributed by atoms with E-state index in [4.69, 9.17) is 23.4 Å². The molecule has 1 aliphatic rings. The van der Waals surface area contributed by atoms with Crippen molar-refractivity contribution in [3.63, 3.8) is 0 Å². The summed E-state index contributed by atoms with van der Waals surface area (Å²) in [7, 11) is 4.88. The third-order valence-electron chi connectivity index (χ3n) is 6.78. The lowest BCUT2D eigenvalue weighted by molar-refractivity contribution is 0.209. The molecule has 6 nitrogen and oxygen atoms in total. The average molecular weight is 465 g/mol. The molecule has 0 spiro atoms. The molecule has 0 radical (unpaired) electrons. The SMILES string of the molecule is CCC(C)(C)c1ccc2c(c1)c(=O)oc1cc(OC[C@H]3C=C(OC)C=C(OC)C3)c(OC)cc12. The van der Waals surface area contributed by atoms with Gasteiger partial charge in [0.2, 0.25) is 0 Å². The molecular weight excluding hydrogens is 432 g/mol. The standard InChI is InChI=1S/C28H32O6/c1-7-28(2,3)18-8-9-21-22-14-25(32-6)26(15-24(22)34-27(29)23(21)12-18)33-16-17-10-19(30-4)13-20(11-17)31-5/h8-10,12-15,17H,7,11,16H2,1-6H3/t17-/m0/s1. The number of ether oxygens (including phenoxy) is 4. The molecule has 2 aromatic carbocycles. The van der Waals surface area contributed by atoms with E-state index >= 15 is 0 Å². The summed E-state index contributed by atoms with van der Waals surface area (Å²) in [5.74, 6) is 2.74. The molecule has 0 bridgehead atoms. The van der Waals surface area contributed by atoms with Crippen LogP contribution < -0.4 is 15.1 Å². The number of allylic oxidation sites excluding steroid dienone is 2. The number of methoxy groups -OCH3 is 3. The molecule has 0 saturated carbocycles. The van der Waals surface area contributed by atoms with Gasteiger partial charge in [0.05, 0.1) is 39.1 Å². The number of benzene rings is 2. The molecule has 0 saturated heterocycles. The van der Waals surface area contributed by atoms with Gasteiger partial charge in [-0.15, -0.1) is 0 Å². The quantitative estimate of drug-likeness (QED) is 0.296. The zero-order valence-corrected chi connectivity index (χ0v) is 20.7. The molecule has 0 fully saturated rings. The molecule has 34 heavy (non-hydrogen) atoms. The van der Waals surface area contributed by atoms with Crippen molar-refractivity contribution in [1.82, 2.24) is 0 Å². The number of fused-ring (bicyclic) bond motifs is 3. The molecule has 1 atom stereocenters. The van der Waals surface area contributed by atoms with Crippen LogP contribution in [0.3, 0.4) is 0 Å². The van der Waals surface area contributed by atoms with Gasteiger partial charge in [-0.25, -0.2) is 4.79 Å². The highest BCUT2D eigenvalue weighted by Crippen LogP contribution is 2.37. The molecule has 1 aliphatic carbocycles. The maximum absolute atomic E-state index is 12.9. The number of rotatable bonds is 8. The fourth-order valence-corrected chi connectivity index (χ4v) is 4.22. The lowest BCUT2D eigenvalue weighted by Crippen LogP contribution is -2.16. The molecule has 0 unspecified atom stereocenters. The first-order valence-electron chi connectivity index (χ1n) is 11.5. The topological polar surface area (TPSA) is 67.1 Å². The van der Waals surface area contributed by atoms with Crippen LogP contribution in [-0.4, -0.2) is 27.9 Å². The van der Waals surface area contributed by atoms with Crippen LogP contribution in [-0.2, 0) is 14.9 Å². The summed E-state index contributed by atoms with van der Waals surface area (Å²) in [6.07, 6.45) is 5.56. The minimum absolute atomic E-state index is 0.0287. The lowest BCUT2D eigenvalue weighted by atomic mass is 9.81. The van der Waals surface area contributed by atoms with Crippen LogP contribution in [0.2, 0.25) is 0 Å². The van der Waals surface area contributed by atoms with Crippen LogP contribution in [0.4, 0.5) is 0 Å². The van der Waals surface area contributed by atoms with Gasteiger partial charge in [0.25, 0.3) is 0 Å². The Kier molecular flexibility index (Phi) is 6.60. The van der Waals surface area contributed by atoms with Crippen LogP contribution in [0.25, 0.3) is 21.7 Å². The van der Waals surface area contributed by atoms with E-state index in [1.807, 2.05) is 30.4 Å². The third kappa shape index (κ3) is 4.49. The fraction of sp³-hybridized carbons (Fsp3) is 0.393. The Hall–Kier alpha value is -3.41. The lowest BCUT2D eigenvalue weighted by Gasteiger charge is -2.23. The second-order valence-corrected chi connectivity index (χ2v) is 9.25. The largest absolute Gasteiger partial charge is 0.501 e. The first kappa shape index (κ1) is 23.7. The molecule has 1 heterocycles. The summed E-state index contributed by atoms with van der Waals surface area (Å²) < 4.78 is 28.3. The van der Waals surface area contributed by atoms with E-state index in [0.717, 1.165) is 34.3 Å². The average Bonchev–Trinajstić information content (AvgIpc) is 2.86. The van der Waals surface area contributed by atoms with Gasteiger partial charge in [-0.05, 0) is 35.6 Å². The highest BCUT2D eigenvalue weighted by atomic mass is 16.5. The van der Waals surface area contributed by atoms with Crippen LogP contribution in [0.1, 0.15) is 39.2 Å². The van der Waals surface area contributed by atoms with Crippen molar-refractivity contribution in [2.45, 2.75) is 39.0 Å². The van der Waals surface area contributed by atoms with E-state index < -0.39 is 0 Å². The highest BCUT2D eigenvalue weighted by Gasteiger charge is 2.22. The van der Waals surface area contributed by atoms with E-state index in [9.17, 15) is 4.79 Å². The van der Waals surface area contributed by atoms with Crippen LogP contribution in [0.15, 0.2) is 63.2 Å². The van der Waals surface area contributed by atoms with Crippen molar-refractivity contribution < 1.29 is 23.4 Å². The Morgan fingerprint density at radius 3 is 2.44 bits per heavy atom. The molecule has 180 valence electrons. The van der Waals surface area contributed by atoms with Crippen molar-refractivity contribution in [2.24, 2.45) is 5.92 Å². The van der Waals surface area contributed by atoms with E-state index in [2.05, 4.69) is 26.8 Å². The van der Waals surface area contributed by atoms with Gasteiger partial charge in [-0.2, -0.15) is 0 Å². The second kappa shape index (κ2) is 9.45. The van der Waals surface area contributed by atoms with Crippen molar-refractivity contribution in [3.05, 3.63) is 70.0 Å². The molecule has 3 aromatic rings. The third-order valence-corrected chi connectivity index (χ3v) is 6.78. The minimum Gasteiger partial charge on any atom is -0.501 e. The number of hydrogen-bond donors (Lipinski definition) is 0. The van der Waals surface area contributed by atoms with Crippen molar-refractivity contribution in [1.29, 1.82) is 0 Å². The predicted octanol–water partition coefficient (Wildman–Crippen LogP) is 6.10. The summed E-state index contributed by atoms with van der Waals surface area (Å²) in [5.41, 5.74) is 1.19. The molecule has 6 heteroatoms. The highest BCUT2D eigenvalue weighted by molar-refractivity contribution is 6.05. The first-order chi connectivity index (χ1) is 16.3.